The van der Waals surface area contributed by atoms with E-state index in [4.69, 9.17) is 10.5 Å². The van der Waals surface area contributed by atoms with Crippen LogP contribution in [0, 0.1) is 0 Å². The summed E-state index contributed by atoms with van der Waals surface area (Å²) in [6.07, 6.45) is 2.39. The predicted molar refractivity (Wildman–Crippen MR) is 65.7 cm³/mol. The van der Waals surface area contributed by atoms with Gasteiger partial charge in [-0.25, -0.2) is 0 Å². The molecular formula is C12H24N2O3. The van der Waals surface area contributed by atoms with E-state index in [9.17, 15) is 4.79 Å². The minimum absolute atomic E-state index is 0.0389. The Hall–Kier alpha value is -0.650. The SMILES string of the molecule is CCC(CCN)N1CCOC(CC(=O)OC)C1. The van der Waals surface area contributed by atoms with Crippen LogP contribution in [0.1, 0.15) is 26.2 Å². The molecule has 0 radical (unpaired) electrons. The van der Waals surface area contributed by atoms with E-state index in [2.05, 4.69) is 16.6 Å². The van der Waals surface area contributed by atoms with Crippen molar-refractivity contribution in [1.29, 1.82) is 0 Å². The summed E-state index contributed by atoms with van der Waals surface area (Å²) in [6.45, 7) is 5.29. The van der Waals surface area contributed by atoms with Gasteiger partial charge < -0.3 is 15.2 Å². The molecule has 1 fully saturated rings. The lowest BCUT2D eigenvalue weighted by molar-refractivity contribution is -0.146. The van der Waals surface area contributed by atoms with Gasteiger partial charge in [0.15, 0.2) is 0 Å². The number of ether oxygens (including phenoxy) is 2. The molecular weight excluding hydrogens is 220 g/mol. The van der Waals surface area contributed by atoms with E-state index in [0.717, 1.165) is 25.9 Å². The van der Waals surface area contributed by atoms with Crippen molar-refractivity contribution < 1.29 is 14.3 Å². The quantitative estimate of drug-likeness (QED) is 0.684. The molecule has 1 rings (SSSR count). The molecule has 0 aliphatic carbocycles. The Labute approximate surface area is 103 Å². The number of hydrogen-bond acceptors (Lipinski definition) is 5. The van der Waals surface area contributed by atoms with Gasteiger partial charge in [-0.2, -0.15) is 0 Å². The van der Waals surface area contributed by atoms with Gasteiger partial charge in [0.2, 0.25) is 0 Å². The molecule has 0 bridgehead atoms. The molecule has 0 spiro atoms. The first kappa shape index (κ1) is 14.4. The fraction of sp³-hybridized carbons (Fsp3) is 0.917. The average Bonchev–Trinajstić information content (AvgIpc) is 2.36. The molecule has 5 heteroatoms. The van der Waals surface area contributed by atoms with Crippen LogP contribution in [0.25, 0.3) is 0 Å². The molecule has 1 aliphatic rings. The van der Waals surface area contributed by atoms with E-state index >= 15 is 0 Å². The minimum Gasteiger partial charge on any atom is -0.469 e. The molecule has 0 saturated carbocycles. The number of esters is 1. The van der Waals surface area contributed by atoms with Crippen LogP contribution in [-0.4, -0.2) is 56.4 Å². The van der Waals surface area contributed by atoms with Crippen LogP contribution in [0.2, 0.25) is 0 Å². The van der Waals surface area contributed by atoms with Crippen LogP contribution < -0.4 is 5.73 Å². The Morgan fingerprint density at radius 2 is 2.41 bits per heavy atom. The van der Waals surface area contributed by atoms with Crippen LogP contribution in [0.15, 0.2) is 0 Å². The molecule has 100 valence electrons. The predicted octanol–water partition coefficient (Wildman–Crippen LogP) is 0.378. The van der Waals surface area contributed by atoms with Crippen molar-refractivity contribution in [3.05, 3.63) is 0 Å². The lowest BCUT2D eigenvalue weighted by atomic mass is 10.1. The lowest BCUT2D eigenvalue weighted by Crippen LogP contribution is -2.48. The highest BCUT2D eigenvalue weighted by molar-refractivity contribution is 5.69. The maximum absolute atomic E-state index is 11.2. The smallest absolute Gasteiger partial charge is 0.308 e. The van der Waals surface area contributed by atoms with Crippen molar-refractivity contribution in [2.45, 2.75) is 38.3 Å². The van der Waals surface area contributed by atoms with Crippen LogP contribution in [-0.2, 0) is 14.3 Å². The topological polar surface area (TPSA) is 64.8 Å². The summed E-state index contributed by atoms with van der Waals surface area (Å²) in [5.41, 5.74) is 5.62. The van der Waals surface area contributed by atoms with Crippen LogP contribution in [0.4, 0.5) is 0 Å². The molecule has 2 N–H and O–H groups in total. The van der Waals surface area contributed by atoms with Crippen LogP contribution >= 0.6 is 0 Å². The van der Waals surface area contributed by atoms with Crippen molar-refractivity contribution >= 4 is 5.97 Å². The number of rotatable bonds is 6. The van der Waals surface area contributed by atoms with Crippen molar-refractivity contribution in [1.82, 2.24) is 4.90 Å². The van der Waals surface area contributed by atoms with Gasteiger partial charge in [-0.1, -0.05) is 6.92 Å². The molecule has 1 aliphatic heterocycles. The highest BCUT2D eigenvalue weighted by Crippen LogP contribution is 2.15. The van der Waals surface area contributed by atoms with E-state index in [1.165, 1.54) is 7.11 Å². The van der Waals surface area contributed by atoms with E-state index < -0.39 is 0 Å². The third-order valence-electron chi connectivity index (χ3n) is 3.28. The molecule has 0 aromatic carbocycles. The third kappa shape index (κ3) is 4.61. The van der Waals surface area contributed by atoms with E-state index in [1.54, 1.807) is 0 Å². The number of nitrogens with two attached hydrogens (primary N) is 1. The maximum Gasteiger partial charge on any atom is 0.308 e. The Morgan fingerprint density at radius 1 is 1.65 bits per heavy atom. The van der Waals surface area contributed by atoms with Crippen molar-refractivity contribution in [2.24, 2.45) is 5.73 Å². The van der Waals surface area contributed by atoms with Gasteiger partial charge in [-0.15, -0.1) is 0 Å². The number of hydrogen-bond donors (Lipinski definition) is 1. The summed E-state index contributed by atoms with van der Waals surface area (Å²) < 4.78 is 10.2. The molecule has 5 nitrogen and oxygen atoms in total. The zero-order valence-corrected chi connectivity index (χ0v) is 10.9. The minimum atomic E-state index is -0.205. The molecule has 2 atom stereocenters. The number of morpholine rings is 1. The van der Waals surface area contributed by atoms with E-state index in [0.29, 0.717) is 25.6 Å². The molecule has 17 heavy (non-hydrogen) atoms. The van der Waals surface area contributed by atoms with Crippen LogP contribution in [0.3, 0.4) is 0 Å². The van der Waals surface area contributed by atoms with E-state index in [-0.39, 0.29) is 12.1 Å². The molecule has 1 heterocycles. The molecule has 0 amide bonds. The molecule has 0 aromatic rings. The second-order valence-electron chi connectivity index (χ2n) is 4.41. The Kier molecular flexibility index (Phi) is 6.47. The molecule has 2 unspecified atom stereocenters. The van der Waals surface area contributed by atoms with E-state index in [1.807, 2.05) is 0 Å². The van der Waals surface area contributed by atoms with Gasteiger partial charge in [0, 0.05) is 19.1 Å². The first-order valence-electron chi connectivity index (χ1n) is 6.33. The zero-order valence-electron chi connectivity index (χ0n) is 10.9. The van der Waals surface area contributed by atoms with Gasteiger partial charge in [0.05, 0.1) is 26.2 Å². The second-order valence-corrected chi connectivity index (χ2v) is 4.41. The average molecular weight is 244 g/mol. The summed E-state index contributed by atoms with van der Waals surface area (Å²) in [5.74, 6) is -0.205. The highest BCUT2D eigenvalue weighted by Gasteiger charge is 2.26. The maximum atomic E-state index is 11.2. The fourth-order valence-corrected chi connectivity index (χ4v) is 2.30. The highest BCUT2D eigenvalue weighted by atomic mass is 16.5. The zero-order chi connectivity index (χ0) is 12.7. The van der Waals surface area contributed by atoms with Crippen molar-refractivity contribution in [3.8, 4) is 0 Å². The van der Waals surface area contributed by atoms with Crippen molar-refractivity contribution in [2.75, 3.05) is 33.4 Å². The molecule has 1 saturated heterocycles. The van der Waals surface area contributed by atoms with Crippen LogP contribution in [0.5, 0.6) is 0 Å². The standard InChI is InChI=1S/C12H24N2O3/c1-3-10(4-5-13)14-6-7-17-11(9-14)8-12(15)16-2/h10-11H,3-9,13H2,1-2H3. The van der Waals surface area contributed by atoms with Gasteiger partial charge in [0.25, 0.3) is 0 Å². The number of carbonyl (C=O) groups is 1. The first-order chi connectivity index (χ1) is 8.21. The first-order valence-corrected chi connectivity index (χ1v) is 6.33. The fourth-order valence-electron chi connectivity index (χ4n) is 2.30. The summed E-state index contributed by atoms with van der Waals surface area (Å²) in [7, 11) is 1.41. The monoisotopic (exact) mass is 244 g/mol. The Bertz CT molecular complexity index is 236. The second kappa shape index (κ2) is 7.63. The lowest BCUT2D eigenvalue weighted by Gasteiger charge is -2.37. The van der Waals surface area contributed by atoms with Gasteiger partial charge in [0.1, 0.15) is 0 Å². The summed E-state index contributed by atoms with van der Waals surface area (Å²) >= 11 is 0. The summed E-state index contributed by atoms with van der Waals surface area (Å²) in [6, 6.07) is 0.504. The number of methoxy groups -OCH3 is 1. The van der Waals surface area contributed by atoms with Gasteiger partial charge in [-0.3, -0.25) is 9.69 Å². The van der Waals surface area contributed by atoms with Gasteiger partial charge >= 0.3 is 5.97 Å². The number of carbonyl (C=O) groups excluding carboxylic acids is 1. The summed E-state index contributed by atoms with van der Waals surface area (Å²) in [4.78, 5) is 13.6. The molecule has 0 aromatic heterocycles. The summed E-state index contributed by atoms with van der Waals surface area (Å²) in [5, 5.41) is 0. The Morgan fingerprint density at radius 3 is 3.00 bits per heavy atom. The normalized spacial score (nSPS) is 23.4. The Balaban J connectivity index is 2.44. The number of nitrogens with zero attached hydrogens (tertiary/aromatic N) is 1. The van der Waals surface area contributed by atoms with Crippen molar-refractivity contribution in [3.63, 3.8) is 0 Å². The third-order valence-corrected chi connectivity index (χ3v) is 3.28. The largest absolute Gasteiger partial charge is 0.469 e. The van der Waals surface area contributed by atoms with Gasteiger partial charge in [-0.05, 0) is 19.4 Å².